The molecule has 0 atom stereocenters. The minimum atomic E-state index is -3.68. The first-order valence-electron chi connectivity index (χ1n) is 6.84. The second kappa shape index (κ2) is 7.45. The summed E-state index contributed by atoms with van der Waals surface area (Å²) < 4.78 is 51.0. The summed E-state index contributed by atoms with van der Waals surface area (Å²) in [5.74, 6) is -2.46. The maximum Gasteiger partial charge on any atom is 0.239 e. The van der Waals surface area contributed by atoms with Gasteiger partial charge in [0.1, 0.15) is 11.6 Å². The Morgan fingerprint density at radius 1 is 1.29 bits per heavy atom. The third kappa shape index (κ3) is 5.07. The van der Waals surface area contributed by atoms with Gasteiger partial charge in [0.15, 0.2) is 0 Å². The van der Waals surface area contributed by atoms with Gasteiger partial charge in [-0.2, -0.15) is 4.31 Å². The van der Waals surface area contributed by atoms with Crippen molar-refractivity contribution in [2.45, 2.75) is 6.54 Å². The number of anilines is 1. The Labute approximate surface area is 138 Å². The molecule has 1 N–H and O–H groups in total. The number of amides is 1. The number of benzene rings is 1. The molecule has 1 heterocycles. The highest BCUT2D eigenvalue weighted by Gasteiger charge is 2.21. The highest BCUT2D eigenvalue weighted by molar-refractivity contribution is 7.88. The van der Waals surface area contributed by atoms with Crippen molar-refractivity contribution in [2.24, 2.45) is 0 Å². The van der Waals surface area contributed by atoms with Crippen LogP contribution in [0.25, 0.3) is 0 Å². The lowest BCUT2D eigenvalue weighted by molar-refractivity contribution is -0.116. The highest BCUT2D eigenvalue weighted by Crippen LogP contribution is 2.15. The number of hydrogen-bond acceptors (Lipinski definition) is 4. The van der Waals surface area contributed by atoms with Crippen LogP contribution in [0.15, 0.2) is 42.7 Å². The minimum absolute atomic E-state index is 0.0496. The summed E-state index contributed by atoms with van der Waals surface area (Å²) in [5, 5.41) is 2.22. The van der Waals surface area contributed by atoms with Crippen LogP contribution in [-0.4, -0.2) is 36.4 Å². The molecule has 1 amide bonds. The van der Waals surface area contributed by atoms with Gasteiger partial charge >= 0.3 is 0 Å². The first kappa shape index (κ1) is 18.0. The molecule has 0 unspecified atom stereocenters. The van der Waals surface area contributed by atoms with Crippen molar-refractivity contribution < 1.29 is 22.0 Å². The molecule has 0 bridgehead atoms. The Morgan fingerprint density at radius 2 is 2.04 bits per heavy atom. The summed E-state index contributed by atoms with van der Waals surface area (Å²) in [7, 11) is -3.68. The lowest BCUT2D eigenvalue weighted by Gasteiger charge is -2.19. The maximum absolute atomic E-state index is 13.5. The van der Waals surface area contributed by atoms with Crippen LogP contribution in [-0.2, 0) is 21.4 Å². The standard InChI is InChI=1S/C15H15F2N3O3S/c1-24(22,23)20(9-11-3-2-6-18-8-11)10-15(21)19-14-5-4-12(16)7-13(14)17/h2-8H,9-10H2,1H3,(H,19,21). The zero-order valence-corrected chi connectivity index (χ0v) is 13.6. The molecule has 0 saturated heterocycles. The van der Waals surface area contributed by atoms with Crippen LogP contribution in [0.3, 0.4) is 0 Å². The lowest BCUT2D eigenvalue weighted by Crippen LogP contribution is -2.37. The van der Waals surface area contributed by atoms with Gasteiger partial charge in [0.2, 0.25) is 15.9 Å². The van der Waals surface area contributed by atoms with Crippen LogP contribution in [0.5, 0.6) is 0 Å². The van der Waals surface area contributed by atoms with Crippen LogP contribution < -0.4 is 5.32 Å². The van der Waals surface area contributed by atoms with Crippen molar-refractivity contribution in [3.05, 3.63) is 59.9 Å². The monoisotopic (exact) mass is 355 g/mol. The summed E-state index contributed by atoms with van der Waals surface area (Å²) in [6.07, 6.45) is 3.99. The zero-order valence-electron chi connectivity index (χ0n) is 12.7. The molecule has 0 saturated carbocycles. The number of aromatic nitrogens is 1. The molecule has 0 aliphatic carbocycles. The van der Waals surface area contributed by atoms with E-state index in [4.69, 9.17) is 0 Å². The number of sulfonamides is 1. The second-order valence-electron chi connectivity index (χ2n) is 5.06. The van der Waals surface area contributed by atoms with E-state index in [1.807, 2.05) is 0 Å². The number of hydrogen-bond donors (Lipinski definition) is 1. The van der Waals surface area contributed by atoms with Gasteiger partial charge in [-0.15, -0.1) is 0 Å². The number of carbonyl (C=O) groups is 1. The van der Waals surface area contributed by atoms with Crippen molar-refractivity contribution in [1.82, 2.24) is 9.29 Å². The van der Waals surface area contributed by atoms with E-state index in [0.717, 1.165) is 22.7 Å². The molecule has 0 spiro atoms. The van der Waals surface area contributed by atoms with Crippen molar-refractivity contribution in [3.8, 4) is 0 Å². The van der Waals surface area contributed by atoms with E-state index in [2.05, 4.69) is 10.3 Å². The van der Waals surface area contributed by atoms with Crippen molar-refractivity contribution in [2.75, 3.05) is 18.1 Å². The van der Waals surface area contributed by atoms with E-state index >= 15 is 0 Å². The fourth-order valence-electron chi connectivity index (χ4n) is 1.93. The number of carbonyl (C=O) groups excluding carboxylic acids is 1. The lowest BCUT2D eigenvalue weighted by atomic mass is 10.3. The molecule has 0 fully saturated rings. The van der Waals surface area contributed by atoms with Gasteiger partial charge in [-0.05, 0) is 23.8 Å². The number of rotatable bonds is 6. The normalized spacial score (nSPS) is 11.5. The van der Waals surface area contributed by atoms with Gasteiger partial charge < -0.3 is 5.32 Å². The second-order valence-corrected chi connectivity index (χ2v) is 7.05. The van der Waals surface area contributed by atoms with Gasteiger partial charge in [-0.1, -0.05) is 6.07 Å². The Bertz CT molecular complexity index is 829. The number of halogens is 2. The molecule has 0 aliphatic heterocycles. The Hall–Kier alpha value is -2.39. The van der Waals surface area contributed by atoms with Gasteiger partial charge in [0.25, 0.3) is 0 Å². The van der Waals surface area contributed by atoms with Crippen LogP contribution >= 0.6 is 0 Å². The average molecular weight is 355 g/mol. The molecule has 0 radical (unpaired) electrons. The van der Waals surface area contributed by atoms with Gasteiger partial charge in [0, 0.05) is 25.0 Å². The first-order chi connectivity index (χ1) is 11.3. The molecule has 1 aromatic carbocycles. The summed E-state index contributed by atoms with van der Waals surface area (Å²) in [6.45, 7) is -0.559. The first-order valence-corrected chi connectivity index (χ1v) is 8.69. The third-order valence-electron chi connectivity index (χ3n) is 3.08. The van der Waals surface area contributed by atoms with Gasteiger partial charge in [0.05, 0.1) is 18.5 Å². The fourth-order valence-corrected chi connectivity index (χ4v) is 2.66. The summed E-state index contributed by atoms with van der Waals surface area (Å²) >= 11 is 0. The summed E-state index contributed by atoms with van der Waals surface area (Å²) in [6, 6.07) is 5.99. The van der Waals surface area contributed by atoms with Crippen LogP contribution in [0.1, 0.15) is 5.56 Å². The Morgan fingerprint density at radius 3 is 2.62 bits per heavy atom. The summed E-state index contributed by atoms with van der Waals surface area (Å²) in [4.78, 5) is 15.9. The molecule has 2 rings (SSSR count). The van der Waals surface area contributed by atoms with Crippen LogP contribution in [0, 0.1) is 11.6 Å². The average Bonchev–Trinajstić information content (AvgIpc) is 2.49. The van der Waals surface area contributed by atoms with Crippen molar-refractivity contribution in [1.29, 1.82) is 0 Å². The van der Waals surface area contributed by atoms with E-state index in [1.165, 1.54) is 12.4 Å². The predicted molar refractivity (Wildman–Crippen MR) is 84.5 cm³/mol. The molecule has 6 nitrogen and oxygen atoms in total. The molecule has 1 aromatic heterocycles. The van der Waals surface area contributed by atoms with Crippen LogP contribution in [0.4, 0.5) is 14.5 Å². The quantitative estimate of drug-likeness (QED) is 0.856. The van der Waals surface area contributed by atoms with E-state index in [9.17, 15) is 22.0 Å². The number of nitrogens with zero attached hydrogens (tertiary/aromatic N) is 2. The van der Waals surface area contributed by atoms with E-state index in [-0.39, 0.29) is 12.2 Å². The van der Waals surface area contributed by atoms with Crippen LogP contribution in [0.2, 0.25) is 0 Å². The smallest absolute Gasteiger partial charge is 0.239 e. The Kier molecular flexibility index (Phi) is 5.58. The fraction of sp³-hybridized carbons (Fsp3) is 0.200. The molecule has 2 aromatic rings. The molecule has 128 valence electrons. The topological polar surface area (TPSA) is 79.4 Å². The van der Waals surface area contributed by atoms with E-state index in [1.54, 1.807) is 12.1 Å². The molecule has 24 heavy (non-hydrogen) atoms. The molecular formula is C15H15F2N3O3S. The largest absolute Gasteiger partial charge is 0.322 e. The molecule has 0 aliphatic rings. The third-order valence-corrected chi connectivity index (χ3v) is 4.27. The minimum Gasteiger partial charge on any atom is -0.322 e. The number of nitrogens with one attached hydrogen (secondary N) is 1. The van der Waals surface area contributed by atoms with E-state index in [0.29, 0.717) is 11.6 Å². The maximum atomic E-state index is 13.5. The van der Waals surface area contributed by atoms with E-state index < -0.39 is 34.1 Å². The van der Waals surface area contributed by atoms with Crippen molar-refractivity contribution in [3.63, 3.8) is 0 Å². The SMILES string of the molecule is CS(=O)(=O)N(CC(=O)Nc1ccc(F)cc1F)Cc1cccnc1. The summed E-state index contributed by atoms with van der Waals surface area (Å²) in [5.41, 5.74) is 0.375. The van der Waals surface area contributed by atoms with Gasteiger partial charge in [-0.25, -0.2) is 17.2 Å². The molecule has 9 heteroatoms. The number of pyridine rings is 1. The predicted octanol–water partition coefficient (Wildman–Crippen LogP) is 1.76. The van der Waals surface area contributed by atoms with Gasteiger partial charge in [-0.3, -0.25) is 9.78 Å². The highest BCUT2D eigenvalue weighted by atomic mass is 32.2. The Balaban J connectivity index is 2.10. The molecular weight excluding hydrogens is 340 g/mol. The zero-order chi connectivity index (χ0) is 17.7. The van der Waals surface area contributed by atoms with Crippen molar-refractivity contribution >= 4 is 21.6 Å².